The lowest BCUT2D eigenvalue weighted by atomic mass is 10.0. The van der Waals surface area contributed by atoms with E-state index < -0.39 is 17.9 Å². The Morgan fingerprint density at radius 2 is 1.57 bits per heavy atom. The number of halogens is 3. The normalized spacial score (nSPS) is 11.8. The molecule has 0 fully saturated rings. The summed E-state index contributed by atoms with van der Waals surface area (Å²) in [4.78, 5) is 23.9. The van der Waals surface area contributed by atoms with Crippen molar-refractivity contribution in [2.45, 2.75) is 12.5 Å². The molecule has 3 N–H and O–H groups in total. The van der Waals surface area contributed by atoms with Crippen LogP contribution in [-0.2, 0) is 11.2 Å². The fourth-order valence-corrected chi connectivity index (χ4v) is 2.67. The molecule has 0 radical (unpaired) electrons. The van der Waals surface area contributed by atoms with Gasteiger partial charge in [0.05, 0.1) is 0 Å². The van der Waals surface area contributed by atoms with Crippen LogP contribution in [0.5, 0.6) is 0 Å². The van der Waals surface area contributed by atoms with Gasteiger partial charge >= 0.3 is 0 Å². The van der Waals surface area contributed by atoms with E-state index in [0.29, 0.717) is 26.2 Å². The zero-order valence-electron chi connectivity index (χ0n) is 11.9. The molecule has 0 saturated carbocycles. The minimum absolute atomic E-state index is 0.104. The summed E-state index contributed by atoms with van der Waals surface area (Å²) >= 11 is 18.0. The highest BCUT2D eigenvalue weighted by Gasteiger charge is 2.21. The highest BCUT2D eigenvalue weighted by Crippen LogP contribution is 2.25. The Labute approximate surface area is 148 Å². The number of rotatable bonds is 5. The molecule has 0 aliphatic carbocycles. The fraction of sp³-hybridized carbons (Fsp3) is 0.125. The van der Waals surface area contributed by atoms with Crippen molar-refractivity contribution in [1.82, 2.24) is 5.32 Å². The summed E-state index contributed by atoms with van der Waals surface area (Å²) in [5.41, 5.74) is 6.29. The lowest BCUT2D eigenvalue weighted by Crippen LogP contribution is -2.45. The Morgan fingerprint density at radius 1 is 1.00 bits per heavy atom. The van der Waals surface area contributed by atoms with Crippen molar-refractivity contribution >= 4 is 46.6 Å². The monoisotopic (exact) mass is 370 g/mol. The number of hydrogen-bond acceptors (Lipinski definition) is 2. The van der Waals surface area contributed by atoms with Crippen molar-refractivity contribution in [3.63, 3.8) is 0 Å². The second-order valence-corrected chi connectivity index (χ2v) is 6.09. The number of hydrogen-bond donors (Lipinski definition) is 2. The summed E-state index contributed by atoms with van der Waals surface area (Å²) in [7, 11) is 0. The Hall–Kier alpha value is -1.75. The van der Waals surface area contributed by atoms with E-state index in [1.807, 2.05) is 0 Å². The van der Waals surface area contributed by atoms with Crippen LogP contribution >= 0.6 is 34.8 Å². The first-order valence-corrected chi connectivity index (χ1v) is 7.80. The number of primary amides is 1. The number of carbonyl (C=O) groups is 2. The van der Waals surface area contributed by atoms with Crippen LogP contribution in [0.25, 0.3) is 0 Å². The summed E-state index contributed by atoms with van der Waals surface area (Å²) in [6, 6.07) is 10.3. The smallest absolute Gasteiger partial charge is 0.251 e. The van der Waals surface area contributed by atoms with Gasteiger partial charge in [-0.15, -0.1) is 0 Å². The molecule has 2 rings (SSSR count). The third kappa shape index (κ3) is 4.61. The van der Waals surface area contributed by atoms with Crippen molar-refractivity contribution in [3.8, 4) is 0 Å². The minimum Gasteiger partial charge on any atom is -0.368 e. The standard InChI is InChI=1S/C16H13Cl3N2O2/c17-10-6-4-9(5-7-10)16(23)21-14(15(20)22)8-11-12(18)2-1-3-13(11)19/h1-7,14H,8H2,(H2,20,22)(H,21,23)/t14-/m0/s1. The van der Waals surface area contributed by atoms with Gasteiger partial charge in [-0.25, -0.2) is 0 Å². The number of amides is 2. The highest BCUT2D eigenvalue weighted by atomic mass is 35.5. The Kier molecular flexibility index (Phi) is 5.88. The molecule has 1 atom stereocenters. The van der Waals surface area contributed by atoms with E-state index in [9.17, 15) is 9.59 Å². The van der Waals surface area contributed by atoms with E-state index in [4.69, 9.17) is 40.5 Å². The highest BCUT2D eigenvalue weighted by molar-refractivity contribution is 6.36. The van der Waals surface area contributed by atoms with Gasteiger partial charge in [0.15, 0.2) is 0 Å². The molecule has 2 aromatic rings. The lowest BCUT2D eigenvalue weighted by Gasteiger charge is -2.17. The third-order valence-electron chi connectivity index (χ3n) is 3.23. The quantitative estimate of drug-likeness (QED) is 0.844. The maximum Gasteiger partial charge on any atom is 0.251 e. The van der Waals surface area contributed by atoms with Gasteiger partial charge in [-0.1, -0.05) is 40.9 Å². The topological polar surface area (TPSA) is 72.2 Å². The molecule has 0 heterocycles. The Bertz CT molecular complexity index is 712. The van der Waals surface area contributed by atoms with Gasteiger partial charge in [0.1, 0.15) is 6.04 Å². The van der Waals surface area contributed by atoms with Gasteiger partial charge in [0, 0.05) is 27.1 Å². The van der Waals surface area contributed by atoms with E-state index >= 15 is 0 Å². The molecule has 2 aromatic carbocycles. The molecular formula is C16H13Cl3N2O2. The molecule has 0 aliphatic rings. The molecule has 2 amide bonds. The molecular weight excluding hydrogens is 359 g/mol. The first-order valence-electron chi connectivity index (χ1n) is 6.67. The van der Waals surface area contributed by atoms with E-state index in [2.05, 4.69) is 5.32 Å². The first-order chi connectivity index (χ1) is 10.9. The molecule has 23 heavy (non-hydrogen) atoms. The van der Waals surface area contributed by atoms with Crippen LogP contribution in [-0.4, -0.2) is 17.9 Å². The molecule has 0 spiro atoms. The Balaban J connectivity index is 2.17. The van der Waals surface area contributed by atoms with Crippen LogP contribution in [0.4, 0.5) is 0 Å². The first kappa shape index (κ1) is 17.6. The summed E-state index contributed by atoms with van der Waals surface area (Å²) in [6.07, 6.45) is 0.104. The lowest BCUT2D eigenvalue weighted by molar-refractivity contribution is -0.119. The van der Waals surface area contributed by atoms with Gasteiger partial charge in [-0.3, -0.25) is 9.59 Å². The van der Waals surface area contributed by atoms with Gasteiger partial charge in [-0.2, -0.15) is 0 Å². The second kappa shape index (κ2) is 7.68. The molecule has 0 aliphatic heterocycles. The average molecular weight is 372 g/mol. The molecule has 0 unspecified atom stereocenters. The summed E-state index contributed by atoms with van der Waals surface area (Å²) < 4.78 is 0. The predicted octanol–water partition coefficient (Wildman–Crippen LogP) is 3.47. The van der Waals surface area contributed by atoms with Crippen molar-refractivity contribution in [1.29, 1.82) is 0 Å². The van der Waals surface area contributed by atoms with Gasteiger partial charge in [0.2, 0.25) is 5.91 Å². The van der Waals surface area contributed by atoms with Gasteiger partial charge < -0.3 is 11.1 Å². The van der Waals surface area contributed by atoms with Crippen LogP contribution in [0.15, 0.2) is 42.5 Å². The molecule has 0 aromatic heterocycles. The summed E-state index contributed by atoms with van der Waals surface area (Å²) in [6.45, 7) is 0. The third-order valence-corrected chi connectivity index (χ3v) is 4.19. The van der Waals surface area contributed by atoms with E-state index in [0.717, 1.165) is 0 Å². The second-order valence-electron chi connectivity index (χ2n) is 4.84. The van der Waals surface area contributed by atoms with Crippen LogP contribution < -0.4 is 11.1 Å². The zero-order valence-corrected chi connectivity index (χ0v) is 14.1. The minimum atomic E-state index is -0.935. The number of benzene rings is 2. The Morgan fingerprint density at radius 3 is 2.09 bits per heavy atom. The zero-order chi connectivity index (χ0) is 17.0. The van der Waals surface area contributed by atoms with Crippen molar-refractivity contribution < 1.29 is 9.59 Å². The fourth-order valence-electron chi connectivity index (χ4n) is 2.00. The van der Waals surface area contributed by atoms with Crippen LogP contribution in [0.3, 0.4) is 0 Å². The maximum absolute atomic E-state index is 12.2. The van der Waals surface area contributed by atoms with Crippen molar-refractivity contribution in [2.75, 3.05) is 0 Å². The summed E-state index contributed by atoms with van der Waals surface area (Å²) in [5.74, 6) is -1.11. The molecule has 7 heteroatoms. The van der Waals surface area contributed by atoms with Crippen LogP contribution in [0.1, 0.15) is 15.9 Å². The maximum atomic E-state index is 12.2. The van der Waals surface area contributed by atoms with Gasteiger partial charge in [0.25, 0.3) is 5.91 Å². The average Bonchev–Trinajstić information content (AvgIpc) is 2.50. The SMILES string of the molecule is NC(=O)[C@H](Cc1c(Cl)cccc1Cl)NC(=O)c1ccc(Cl)cc1. The predicted molar refractivity (Wildman–Crippen MR) is 92.1 cm³/mol. The van der Waals surface area contributed by atoms with Gasteiger partial charge in [-0.05, 0) is 42.0 Å². The van der Waals surface area contributed by atoms with Crippen molar-refractivity contribution in [2.24, 2.45) is 5.73 Å². The summed E-state index contributed by atoms with van der Waals surface area (Å²) in [5, 5.41) is 3.91. The van der Waals surface area contributed by atoms with E-state index in [1.54, 1.807) is 42.5 Å². The van der Waals surface area contributed by atoms with Crippen molar-refractivity contribution in [3.05, 3.63) is 68.7 Å². The van der Waals surface area contributed by atoms with Crippen LogP contribution in [0.2, 0.25) is 15.1 Å². The molecule has 0 bridgehead atoms. The van der Waals surface area contributed by atoms with E-state index in [1.165, 1.54) is 0 Å². The molecule has 0 saturated heterocycles. The van der Waals surface area contributed by atoms with E-state index in [-0.39, 0.29) is 6.42 Å². The van der Waals surface area contributed by atoms with Crippen LogP contribution in [0, 0.1) is 0 Å². The molecule has 4 nitrogen and oxygen atoms in total. The largest absolute Gasteiger partial charge is 0.368 e. The number of nitrogens with two attached hydrogens (primary N) is 1. The molecule has 120 valence electrons. The number of nitrogens with one attached hydrogen (secondary N) is 1. The number of carbonyl (C=O) groups excluding carboxylic acids is 2.